The molecular weight excluding hydrogens is 236 g/mol. The van der Waals surface area contributed by atoms with Gasteiger partial charge in [-0.2, -0.15) is 0 Å². The Labute approximate surface area is 105 Å². The Bertz CT molecular complexity index is 467. The summed E-state index contributed by atoms with van der Waals surface area (Å²) < 4.78 is 10.5. The largest absolute Gasteiger partial charge is 0.469 e. The number of methoxy groups -OCH3 is 1. The van der Waals surface area contributed by atoms with Gasteiger partial charge in [0.05, 0.1) is 24.1 Å². The summed E-state index contributed by atoms with van der Waals surface area (Å²) in [6.45, 7) is 3.31. The quantitative estimate of drug-likeness (QED) is 0.888. The normalized spacial score (nSPS) is 11.0. The van der Waals surface area contributed by atoms with Crippen LogP contribution >= 0.6 is 11.3 Å². The lowest BCUT2D eigenvalue weighted by atomic mass is 10.3. The van der Waals surface area contributed by atoms with Gasteiger partial charge in [0.2, 0.25) is 0 Å². The van der Waals surface area contributed by atoms with Crippen LogP contribution in [0.15, 0.2) is 16.7 Å². The minimum atomic E-state index is 0.546. The highest BCUT2D eigenvalue weighted by molar-refractivity contribution is 7.15. The van der Waals surface area contributed by atoms with Crippen LogP contribution in [0.1, 0.15) is 16.3 Å². The van der Waals surface area contributed by atoms with Crippen molar-refractivity contribution in [2.45, 2.75) is 20.1 Å². The maximum atomic E-state index is 5.31. The van der Waals surface area contributed by atoms with Crippen molar-refractivity contribution in [3.63, 3.8) is 0 Å². The predicted octanol–water partition coefficient (Wildman–Crippen LogP) is 2.58. The molecule has 0 saturated heterocycles. The van der Waals surface area contributed by atoms with Crippen molar-refractivity contribution >= 4 is 11.3 Å². The van der Waals surface area contributed by atoms with E-state index in [4.69, 9.17) is 9.15 Å². The Morgan fingerprint density at radius 2 is 2.35 bits per heavy atom. The lowest BCUT2D eigenvalue weighted by Crippen LogP contribution is -2.06. The van der Waals surface area contributed by atoms with E-state index in [1.807, 2.05) is 20.0 Å². The van der Waals surface area contributed by atoms with Gasteiger partial charge in [-0.1, -0.05) is 0 Å². The molecule has 92 valence electrons. The second kappa shape index (κ2) is 5.44. The van der Waals surface area contributed by atoms with Gasteiger partial charge in [0, 0.05) is 18.5 Å². The third kappa shape index (κ3) is 2.57. The fraction of sp³-hybridized carbons (Fsp3) is 0.417. The van der Waals surface area contributed by atoms with Gasteiger partial charge in [0.25, 0.3) is 0 Å². The van der Waals surface area contributed by atoms with Crippen LogP contribution in [0.3, 0.4) is 0 Å². The molecule has 0 spiro atoms. The topological polar surface area (TPSA) is 47.3 Å². The Kier molecular flexibility index (Phi) is 3.93. The maximum absolute atomic E-state index is 5.31. The lowest BCUT2D eigenvalue weighted by molar-refractivity contribution is 0.181. The molecule has 0 aliphatic heterocycles. The average Bonchev–Trinajstić information content (AvgIpc) is 2.87. The van der Waals surface area contributed by atoms with E-state index in [9.17, 15) is 0 Å². The maximum Gasteiger partial charge on any atom is 0.127 e. The van der Waals surface area contributed by atoms with Gasteiger partial charge in [-0.3, -0.25) is 0 Å². The highest BCUT2D eigenvalue weighted by Gasteiger charge is 2.14. The molecule has 0 fully saturated rings. The van der Waals surface area contributed by atoms with E-state index in [-0.39, 0.29) is 0 Å². The zero-order valence-electron chi connectivity index (χ0n) is 10.2. The average molecular weight is 252 g/mol. The lowest BCUT2D eigenvalue weighted by Gasteiger charge is -1.98. The highest BCUT2D eigenvalue weighted by Crippen LogP contribution is 2.31. The zero-order valence-corrected chi connectivity index (χ0v) is 11.1. The van der Waals surface area contributed by atoms with Crippen molar-refractivity contribution in [2.75, 3.05) is 14.2 Å². The summed E-state index contributed by atoms with van der Waals surface area (Å²) in [5, 5.41) is 4.14. The summed E-state index contributed by atoms with van der Waals surface area (Å²) in [6.07, 6.45) is 1.69. The van der Waals surface area contributed by atoms with Gasteiger partial charge < -0.3 is 14.5 Å². The summed E-state index contributed by atoms with van der Waals surface area (Å²) in [5.41, 5.74) is 2.07. The van der Waals surface area contributed by atoms with E-state index < -0.39 is 0 Å². The first-order chi connectivity index (χ1) is 8.26. The van der Waals surface area contributed by atoms with E-state index >= 15 is 0 Å². The van der Waals surface area contributed by atoms with Crippen LogP contribution in [-0.2, 0) is 17.9 Å². The van der Waals surface area contributed by atoms with Crippen molar-refractivity contribution in [1.29, 1.82) is 0 Å². The number of aromatic nitrogens is 1. The van der Waals surface area contributed by atoms with Gasteiger partial charge in [0.15, 0.2) is 0 Å². The number of nitrogens with zero attached hydrogens (tertiary/aromatic N) is 1. The van der Waals surface area contributed by atoms with E-state index in [2.05, 4.69) is 10.3 Å². The van der Waals surface area contributed by atoms with Gasteiger partial charge in [-0.15, -0.1) is 11.3 Å². The second-order valence-electron chi connectivity index (χ2n) is 3.74. The Morgan fingerprint density at radius 1 is 1.53 bits per heavy atom. The van der Waals surface area contributed by atoms with E-state index in [0.717, 1.165) is 28.6 Å². The van der Waals surface area contributed by atoms with Gasteiger partial charge >= 0.3 is 0 Å². The standard InChI is InChI=1S/C12H16N2O2S/c1-8-9(4-5-16-8)12-14-10(7-15-3)11(17-12)6-13-2/h4-5,13H,6-7H2,1-3H3. The Hall–Kier alpha value is -1.17. The number of nitrogens with one attached hydrogen (secondary N) is 1. The fourth-order valence-corrected chi connectivity index (χ4v) is 2.80. The monoisotopic (exact) mass is 252 g/mol. The highest BCUT2D eigenvalue weighted by atomic mass is 32.1. The molecule has 0 atom stereocenters. The molecule has 2 aromatic rings. The van der Waals surface area contributed by atoms with Crippen LogP contribution in [0, 0.1) is 6.92 Å². The molecular formula is C12H16N2O2S. The summed E-state index contributed by atoms with van der Waals surface area (Å²) in [4.78, 5) is 5.83. The smallest absolute Gasteiger partial charge is 0.127 e. The first kappa shape index (κ1) is 12.3. The molecule has 0 saturated carbocycles. The molecule has 2 rings (SSSR count). The number of aryl methyl sites for hydroxylation is 1. The number of hydrogen-bond donors (Lipinski definition) is 1. The summed E-state index contributed by atoms with van der Waals surface area (Å²) in [6, 6.07) is 1.95. The molecule has 2 heterocycles. The first-order valence-electron chi connectivity index (χ1n) is 5.42. The number of furan rings is 1. The third-order valence-corrected chi connectivity index (χ3v) is 3.62. The number of rotatable bonds is 5. The van der Waals surface area contributed by atoms with E-state index in [1.165, 1.54) is 4.88 Å². The zero-order chi connectivity index (χ0) is 12.3. The minimum Gasteiger partial charge on any atom is -0.469 e. The number of ether oxygens (including phenoxy) is 1. The van der Waals surface area contributed by atoms with Crippen molar-refractivity contribution in [1.82, 2.24) is 10.3 Å². The molecule has 2 aromatic heterocycles. The molecule has 0 aromatic carbocycles. The minimum absolute atomic E-state index is 0.546. The van der Waals surface area contributed by atoms with Crippen molar-refractivity contribution in [2.24, 2.45) is 0 Å². The number of hydrogen-bond acceptors (Lipinski definition) is 5. The predicted molar refractivity (Wildman–Crippen MR) is 68.0 cm³/mol. The molecule has 0 aliphatic carbocycles. The molecule has 0 amide bonds. The van der Waals surface area contributed by atoms with Crippen LogP contribution < -0.4 is 5.32 Å². The number of thiazole rings is 1. The van der Waals surface area contributed by atoms with Crippen molar-refractivity contribution < 1.29 is 9.15 Å². The molecule has 17 heavy (non-hydrogen) atoms. The molecule has 0 aliphatic rings. The van der Waals surface area contributed by atoms with Crippen LogP contribution in [-0.4, -0.2) is 19.1 Å². The van der Waals surface area contributed by atoms with E-state index in [0.29, 0.717) is 6.61 Å². The summed E-state index contributed by atoms with van der Waals surface area (Å²) in [5.74, 6) is 0.902. The Morgan fingerprint density at radius 3 is 2.94 bits per heavy atom. The summed E-state index contributed by atoms with van der Waals surface area (Å²) >= 11 is 1.68. The molecule has 0 unspecified atom stereocenters. The van der Waals surface area contributed by atoms with Crippen LogP contribution in [0.4, 0.5) is 0 Å². The first-order valence-corrected chi connectivity index (χ1v) is 6.24. The second-order valence-corrected chi connectivity index (χ2v) is 4.83. The van der Waals surface area contributed by atoms with Gasteiger partial charge in [-0.05, 0) is 20.0 Å². The molecule has 5 heteroatoms. The van der Waals surface area contributed by atoms with Crippen molar-refractivity contribution in [3.8, 4) is 10.6 Å². The fourth-order valence-electron chi connectivity index (χ4n) is 1.65. The van der Waals surface area contributed by atoms with E-state index in [1.54, 1.807) is 24.7 Å². The van der Waals surface area contributed by atoms with Gasteiger partial charge in [0.1, 0.15) is 10.8 Å². The third-order valence-electron chi connectivity index (χ3n) is 2.49. The van der Waals surface area contributed by atoms with Crippen LogP contribution in [0.5, 0.6) is 0 Å². The summed E-state index contributed by atoms with van der Waals surface area (Å²) in [7, 11) is 3.62. The van der Waals surface area contributed by atoms with Crippen molar-refractivity contribution in [3.05, 3.63) is 28.7 Å². The molecule has 1 N–H and O–H groups in total. The Balaban J connectivity index is 2.36. The van der Waals surface area contributed by atoms with Crippen LogP contribution in [0.2, 0.25) is 0 Å². The molecule has 4 nitrogen and oxygen atoms in total. The SMILES string of the molecule is CNCc1sc(-c2ccoc2C)nc1COC. The molecule has 0 bridgehead atoms. The van der Waals surface area contributed by atoms with Crippen LogP contribution in [0.25, 0.3) is 10.6 Å². The molecule has 0 radical (unpaired) electrons. The van der Waals surface area contributed by atoms with Gasteiger partial charge in [-0.25, -0.2) is 4.98 Å².